The van der Waals surface area contributed by atoms with Crippen molar-refractivity contribution >= 4 is 0 Å². The van der Waals surface area contributed by atoms with E-state index in [1.165, 1.54) is 11.1 Å². The second-order valence-electron chi connectivity index (χ2n) is 4.66. The highest BCUT2D eigenvalue weighted by Crippen LogP contribution is 2.09. The molecule has 0 radical (unpaired) electrons. The van der Waals surface area contributed by atoms with E-state index in [9.17, 15) is 0 Å². The summed E-state index contributed by atoms with van der Waals surface area (Å²) in [6.45, 7) is 7.24. The molecule has 0 aliphatic heterocycles. The van der Waals surface area contributed by atoms with Crippen LogP contribution in [-0.4, -0.2) is 15.8 Å². The Morgan fingerprint density at radius 3 is 2.59 bits per heavy atom. The van der Waals surface area contributed by atoms with Crippen LogP contribution in [0.3, 0.4) is 0 Å². The minimum absolute atomic E-state index is 0.498. The van der Waals surface area contributed by atoms with Gasteiger partial charge in [-0.05, 0) is 19.1 Å². The zero-order valence-electron chi connectivity index (χ0n) is 10.6. The molecule has 0 aliphatic carbocycles. The van der Waals surface area contributed by atoms with Gasteiger partial charge >= 0.3 is 0 Å². The van der Waals surface area contributed by atoms with Gasteiger partial charge in [0.1, 0.15) is 0 Å². The molecule has 17 heavy (non-hydrogen) atoms. The molecule has 0 bridgehead atoms. The Bertz CT molecular complexity index is 468. The van der Waals surface area contributed by atoms with Crippen LogP contribution in [-0.2, 0) is 6.54 Å². The maximum atomic E-state index is 4.37. The molecule has 2 rings (SSSR count). The quantitative estimate of drug-likeness (QED) is 0.873. The van der Waals surface area contributed by atoms with E-state index in [1.807, 2.05) is 10.9 Å². The molecule has 2 aromatic rings. The highest BCUT2D eigenvalue weighted by Gasteiger charge is 2.01. The molecule has 1 aromatic carbocycles. The van der Waals surface area contributed by atoms with Crippen molar-refractivity contribution < 1.29 is 0 Å². The Labute approximate surface area is 102 Å². The van der Waals surface area contributed by atoms with Crippen molar-refractivity contribution in [3.8, 4) is 5.69 Å². The average molecular weight is 229 g/mol. The minimum atomic E-state index is 0.498. The van der Waals surface area contributed by atoms with Gasteiger partial charge < -0.3 is 5.32 Å². The van der Waals surface area contributed by atoms with Crippen LogP contribution < -0.4 is 5.32 Å². The van der Waals surface area contributed by atoms with Gasteiger partial charge in [-0.2, -0.15) is 5.10 Å². The van der Waals surface area contributed by atoms with Crippen LogP contribution in [0.1, 0.15) is 25.0 Å². The zero-order chi connectivity index (χ0) is 12.3. The molecule has 3 heteroatoms. The van der Waals surface area contributed by atoms with E-state index in [2.05, 4.69) is 61.6 Å². The third-order valence-electron chi connectivity index (χ3n) is 2.65. The summed E-state index contributed by atoms with van der Waals surface area (Å²) in [6.07, 6.45) is 3.98. The maximum absolute atomic E-state index is 4.37. The van der Waals surface area contributed by atoms with Gasteiger partial charge in [-0.3, -0.25) is 0 Å². The zero-order valence-corrected chi connectivity index (χ0v) is 10.6. The fourth-order valence-corrected chi connectivity index (χ4v) is 1.61. The van der Waals surface area contributed by atoms with E-state index in [4.69, 9.17) is 0 Å². The number of benzene rings is 1. The van der Waals surface area contributed by atoms with Gasteiger partial charge in [-0.25, -0.2) is 4.68 Å². The van der Waals surface area contributed by atoms with Crippen LogP contribution in [0.5, 0.6) is 0 Å². The van der Waals surface area contributed by atoms with Gasteiger partial charge in [0, 0.05) is 24.3 Å². The van der Waals surface area contributed by atoms with Crippen molar-refractivity contribution in [3.05, 3.63) is 47.8 Å². The lowest BCUT2D eigenvalue weighted by molar-refractivity contribution is 0.589. The van der Waals surface area contributed by atoms with Crippen molar-refractivity contribution in [2.24, 2.45) is 0 Å². The summed E-state index contributed by atoms with van der Waals surface area (Å²) in [5.74, 6) is 0. The monoisotopic (exact) mass is 229 g/mol. The first-order valence-corrected chi connectivity index (χ1v) is 5.99. The summed E-state index contributed by atoms with van der Waals surface area (Å²) in [5.41, 5.74) is 3.58. The lowest BCUT2D eigenvalue weighted by atomic mass is 10.2. The van der Waals surface area contributed by atoms with E-state index in [-0.39, 0.29) is 0 Å². The smallest absolute Gasteiger partial charge is 0.0645 e. The van der Waals surface area contributed by atoms with Crippen LogP contribution in [0.2, 0.25) is 0 Å². The van der Waals surface area contributed by atoms with E-state index in [1.54, 1.807) is 0 Å². The molecule has 1 N–H and O–H groups in total. The SMILES string of the molecule is Cc1ccc(-n2cc(CNC(C)C)cn2)cc1. The molecule has 0 amide bonds. The molecule has 0 atom stereocenters. The van der Waals surface area contributed by atoms with Crippen LogP contribution in [0.15, 0.2) is 36.7 Å². The predicted octanol–water partition coefficient (Wildman–Crippen LogP) is 2.68. The van der Waals surface area contributed by atoms with E-state index < -0.39 is 0 Å². The number of nitrogens with zero attached hydrogens (tertiary/aromatic N) is 2. The lowest BCUT2D eigenvalue weighted by Gasteiger charge is -2.05. The first kappa shape index (κ1) is 11.9. The molecule has 1 aromatic heterocycles. The standard InChI is InChI=1S/C14H19N3/c1-11(2)15-8-13-9-16-17(10-13)14-6-4-12(3)5-7-14/h4-7,9-11,15H,8H2,1-3H3. The van der Waals surface area contributed by atoms with Crippen LogP contribution in [0.25, 0.3) is 5.69 Å². The fourth-order valence-electron chi connectivity index (χ4n) is 1.61. The van der Waals surface area contributed by atoms with Gasteiger partial charge in [-0.1, -0.05) is 31.5 Å². The Kier molecular flexibility index (Phi) is 3.59. The third-order valence-corrected chi connectivity index (χ3v) is 2.65. The Morgan fingerprint density at radius 1 is 1.24 bits per heavy atom. The third kappa shape index (κ3) is 3.17. The molecule has 0 saturated heterocycles. The Balaban J connectivity index is 2.10. The number of aromatic nitrogens is 2. The number of rotatable bonds is 4. The van der Waals surface area contributed by atoms with Gasteiger partial charge in [0.2, 0.25) is 0 Å². The number of hydrogen-bond acceptors (Lipinski definition) is 2. The summed E-state index contributed by atoms with van der Waals surface area (Å²) in [6, 6.07) is 8.87. The molecule has 0 unspecified atom stereocenters. The summed E-state index contributed by atoms with van der Waals surface area (Å²) in [4.78, 5) is 0. The van der Waals surface area contributed by atoms with Gasteiger partial charge in [0.15, 0.2) is 0 Å². The first-order valence-electron chi connectivity index (χ1n) is 5.99. The van der Waals surface area contributed by atoms with Crippen LogP contribution >= 0.6 is 0 Å². The summed E-state index contributed by atoms with van der Waals surface area (Å²) >= 11 is 0. The average Bonchev–Trinajstić information content (AvgIpc) is 2.76. The van der Waals surface area contributed by atoms with Gasteiger partial charge in [0.05, 0.1) is 11.9 Å². The minimum Gasteiger partial charge on any atom is -0.310 e. The number of aryl methyl sites for hydroxylation is 1. The highest BCUT2D eigenvalue weighted by atomic mass is 15.3. The second-order valence-corrected chi connectivity index (χ2v) is 4.66. The van der Waals surface area contributed by atoms with Gasteiger partial charge in [0.25, 0.3) is 0 Å². The highest BCUT2D eigenvalue weighted by molar-refractivity contribution is 5.33. The van der Waals surface area contributed by atoms with Crippen molar-refractivity contribution in [1.29, 1.82) is 0 Å². The van der Waals surface area contributed by atoms with Crippen LogP contribution in [0.4, 0.5) is 0 Å². The largest absolute Gasteiger partial charge is 0.310 e. The predicted molar refractivity (Wildman–Crippen MR) is 70.3 cm³/mol. The molecule has 0 aliphatic rings. The van der Waals surface area contributed by atoms with Crippen molar-refractivity contribution in [2.45, 2.75) is 33.4 Å². The molecule has 3 nitrogen and oxygen atoms in total. The van der Waals surface area contributed by atoms with Crippen LogP contribution in [0, 0.1) is 6.92 Å². The normalized spacial score (nSPS) is 11.1. The van der Waals surface area contributed by atoms with Crippen molar-refractivity contribution in [2.75, 3.05) is 0 Å². The second kappa shape index (κ2) is 5.15. The number of hydrogen-bond donors (Lipinski definition) is 1. The van der Waals surface area contributed by atoms with E-state index >= 15 is 0 Å². The Hall–Kier alpha value is -1.61. The molecule has 0 spiro atoms. The van der Waals surface area contributed by atoms with Gasteiger partial charge in [-0.15, -0.1) is 0 Å². The van der Waals surface area contributed by atoms with E-state index in [0.29, 0.717) is 6.04 Å². The summed E-state index contributed by atoms with van der Waals surface area (Å²) in [7, 11) is 0. The molecule has 0 saturated carbocycles. The molecule has 1 heterocycles. The van der Waals surface area contributed by atoms with Crippen molar-refractivity contribution in [3.63, 3.8) is 0 Å². The first-order chi connectivity index (χ1) is 8.15. The molecule has 0 fully saturated rings. The number of nitrogens with one attached hydrogen (secondary N) is 1. The Morgan fingerprint density at radius 2 is 1.94 bits per heavy atom. The molecular formula is C14H19N3. The molecular weight excluding hydrogens is 210 g/mol. The summed E-state index contributed by atoms with van der Waals surface area (Å²) in [5, 5.41) is 7.75. The topological polar surface area (TPSA) is 29.9 Å². The van der Waals surface area contributed by atoms with Crippen molar-refractivity contribution in [1.82, 2.24) is 15.1 Å². The lowest BCUT2D eigenvalue weighted by Crippen LogP contribution is -2.21. The maximum Gasteiger partial charge on any atom is 0.0645 e. The molecule has 90 valence electrons. The fraction of sp³-hybridized carbons (Fsp3) is 0.357. The van der Waals surface area contributed by atoms with E-state index in [0.717, 1.165) is 12.2 Å². The summed E-state index contributed by atoms with van der Waals surface area (Å²) < 4.78 is 1.91.